The maximum atomic E-state index is 5.27. The third kappa shape index (κ3) is 14.2. The molecule has 10 heteroatoms. The molecular formula is C110H70N10. The highest BCUT2D eigenvalue weighted by Crippen LogP contribution is 2.42. The van der Waals surface area contributed by atoms with Gasteiger partial charge in [0.2, 0.25) is 0 Å². The highest BCUT2D eigenvalue weighted by molar-refractivity contribution is 6.27. The van der Waals surface area contributed by atoms with Gasteiger partial charge in [-0.1, -0.05) is 388 Å². The molecule has 0 spiro atoms. The van der Waals surface area contributed by atoms with E-state index in [4.69, 9.17) is 49.8 Å². The molecule has 560 valence electrons. The molecule has 0 aliphatic heterocycles. The average molecular weight is 1530 g/mol. The lowest BCUT2D eigenvalue weighted by Gasteiger charge is -2.13. The van der Waals surface area contributed by atoms with E-state index in [2.05, 4.69) is 291 Å². The van der Waals surface area contributed by atoms with Crippen molar-refractivity contribution in [1.82, 2.24) is 49.8 Å². The number of nitrogens with zero attached hydrogens (tertiary/aromatic N) is 10. The van der Waals surface area contributed by atoms with Crippen LogP contribution in [0.15, 0.2) is 425 Å². The number of hydrogen-bond donors (Lipinski definition) is 0. The van der Waals surface area contributed by atoms with E-state index in [0.29, 0.717) is 46.6 Å². The zero-order chi connectivity index (χ0) is 79.7. The lowest BCUT2D eigenvalue weighted by atomic mass is 9.93. The zero-order valence-electron chi connectivity index (χ0n) is 64.9. The van der Waals surface area contributed by atoms with Crippen molar-refractivity contribution < 1.29 is 0 Å². The topological polar surface area (TPSA) is 129 Å². The van der Waals surface area contributed by atoms with Crippen LogP contribution in [0.4, 0.5) is 0 Å². The van der Waals surface area contributed by atoms with Gasteiger partial charge in [-0.25, -0.2) is 49.8 Å². The Labute approximate surface area is 693 Å². The highest BCUT2D eigenvalue weighted by Gasteiger charge is 2.21. The number of fused-ring (bicyclic) bond motifs is 12. The van der Waals surface area contributed by atoms with Crippen LogP contribution >= 0.6 is 0 Å². The van der Waals surface area contributed by atoms with Gasteiger partial charge in [0.05, 0.1) is 22.8 Å². The molecule has 10 nitrogen and oxygen atoms in total. The molecule has 22 aromatic rings. The second kappa shape index (κ2) is 31.5. The third-order valence-electron chi connectivity index (χ3n) is 22.3. The SMILES string of the molecule is c1ccc(-c2cc(-c3cccc(-c4ccc(-c5nc(-c6ccccc6)nc(-c6ccc7c8ccccc8c8ccccc8c7c6)n5)cc4)c3)nc(-c3ccccc3)n2)cc1.c1ccc(-c2cc(-c3cccc(-c4ccc(-c5nc(-c6ccccc6)nc(-c6ccccc6)n5)cc4)c3)nc(-c3ccc4c5ccccc5c5ccccc5c4c3)n2)cc1. The molecule has 0 N–H and O–H groups in total. The predicted octanol–water partition coefficient (Wildman–Crippen LogP) is 27.6. The van der Waals surface area contributed by atoms with Gasteiger partial charge in [0, 0.05) is 66.8 Å². The summed E-state index contributed by atoms with van der Waals surface area (Å²) >= 11 is 0. The maximum Gasteiger partial charge on any atom is 0.164 e. The molecule has 0 amide bonds. The second-order valence-electron chi connectivity index (χ2n) is 29.8. The summed E-state index contributed by atoms with van der Waals surface area (Å²) in [6, 6.07) is 147. The zero-order valence-corrected chi connectivity index (χ0v) is 64.9. The Balaban J connectivity index is 0.000000148. The Kier molecular flexibility index (Phi) is 18.7. The standard InChI is InChI=1S/2C55H35N5/c1-4-15-37(16-5-1)50-35-51(57-55(56-50)43-31-32-48-46-25-11-10-23-44(46)45-24-12-13-26-47(45)49(48)34-43)42-22-14-21-41(33-42)36-27-29-40(30-28-36)54-59-52(38-17-6-2-7-18-38)58-53(60-54)39-19-8-3-9-20-39;1-4-15-37(16-5-1)50-35-51(57-52(56-50)38-17-6-2-7-18-38)42-22-14-21-41(33-42)36-27-29-40(30-28-36)54-58-53(39-19-8-3-9-20-39)59-55(60-54)43-31-32-48-46-25-11-10-23-44(46)45-24-12-13-26-47(45)49(48)34-43/h2*1-35H. The molecule has 0 fully saturated rings. The summed E-state index contributed by atoms with van der Waals surface area (Å²) in [6.45, 7) is 0. The summed E-state index contributed by atoms with van der Waals surface area (Å²) in [7, 11) is 0. The number of hydrogen-bond acceptors (Lipinski definition) is 10. The Bertz CT molecular complexity index is 7420. The first-order chi connectivity index (χ1) is 59.4. The summed E-state index contributed by atoms with van der Waals surface area (Å²) in [5.41, 5.74) is 19.4. The maximum absolute atomic E-state index is 5.27. The van der Waals surface area contributed by atoms with E-state index in [1.54, 1.807) is 0 Å². The largest absolute Gasteiger partial charge is 0.228 e. The first-order valence-electron chi connectivity index (χ1n) is 40.2. The average Bonchev–Trinajstić information content (AvgIpc) is 0.744. The highest BCUT2D eigenvalue weighted by atomic mass is 15.0. The summed E-state index contributed by atoms with van der Waals surface area (Å²) in [5, 5.41) is 14.7. The Morgan fingerprint density at radius 3 is 0.567 bits per heavy atom. The quantitative estimate of drug-likeness (QED) is 0.0971. The van der Waals surface area contributed by atoms with Crippen LogP contribution in [0.25, 0.3) is 223 Å². The van der Waals surface area contributed by atoms with Crippen LogP contribution in [0.5, 0.6) is 0 Å². The van der Waals surface area contributed by atoms with Crippen LogP contribution in [0.1, 0.15) is 0 Å². The molecular weight excluding hydrogens is 1460 g/mol. The Hall–Kier alpha value is -16.3. The van der Waals surface area contributed by atoms with Crippen LogP contribution < -0.4 is 0 Å². The number of aromatic nitrogens is 10. The normalized spacial score (nSPS) is 11.3. The van der Waals surface area contributed by atoms with Crippen molar-refractivity contribution in [3.8, 4) is 158 Å². The van der Waals surface area contributed by atoms with Gasteiger partial charge in [0.15, 0.2) is 46.6 Å². The first-order valence-corrected chi connectivity index (χ1v) is 40.2. The van der Waals surface area contributed by atoms with Gasteiger partial charge in [-0.3, -0.25) is 0 Å². The van der Waals surface area contributed by atoms with Crippen LogP contribution in [0, 0.1) is 0 Å². The van der Waals surface area contributed by atoms with Crippen molar-refractivity contribution >= 4 is 64.6 Å². The molecule has 0 radical (unpaired) electrons. The van der Waals surface area contributed by atoms with Crippen molar-refractivity contribution in [1.29, 1.82) is 0 Å². The molecule has 0 saturated heterocycles. The van der Waals surface area contributed by atoms with Crippen molar-refractivity contribution in [3.05, 3.63) is 425 Å². The third-order valence-corrected chi connectivity index (χ3v) is 22.3. The van der Waals surface area contributed by atoms with E-state index in [1.165, 1.54) is 64.6 Å². The van der Waals surface area contributed by atoms with Crippen molar-refractivity contribution in [2.45, 2.75) is 0 Å². The fraction of sp³-hybridized carbons (Fsp3) is 0. The van der Waals surface area contributed by atoms with Gasteiger partial charge in [-0.15, -0.1) is 0 Å². The summed E-state index contributed by atoms with van der Waals surface area (Å²) in [5.74, 6) is 5.16. The van der Waals surface area contributed by atoms with Crippen LogP contribution in [0.2, 0.25) is 0 Å². The van der Waals surface area contributed by atoms with Gasteiger partial charge >= 0.3 is 0 Å². The van der Waals surface area contributed by atoms with Gasteiger partial charge < -0.3 is 0 Å². The monoisotopic (exact) mass is 1530 g/mol. The van der Waals surface area contributed by atoms with Gasteiger partial charge in [-0.05, 0) is 123 Å². The van der Waals surface area contributed by atoms with E-state index in [1.807, 2.05) is 133 Å². The predicted molar refractivity (Wildman–Crippen MR) is 492 cm³/mol. The van der Waals surface area contributed by atoms with Crippen LogP contribution in [0.3, 0.4) is 0 Å². The van der Waals surface area contributed by atoms with Gasteiger partial charge in [-0.2, -0.15) is 0 Å². The van der Waals surface area contributed by atoms with Gasteiger partial charge in [0.1, 0.15) is 0 Å². The Morgan fingerprint density at radius 2 is 0.275 bits per heavy atom. The molecule has 0 aliphatic rings. The molecule has 0 aliphatic carbocycles. The molecule has 0 saturated carbocycles. The molecule has 4 heterocycles. The molecule has 0 bridgehead atoms. The van der Waals surface area contributed by atoms with Crippen LogP contribution in [-0.2, 0) is 0 Å². The first kappa shape index (κ1) is 71.5. The number of rotatable bonds is 14. The van der Waals surface area contributed by atoms with E-state index in [9.17, 15) is 0 Å². The molecule has 18 aromatic carbocycles. The molecule has 0 unspecified atom stereocenters. The van der Waals surface area contributed by atoms with E-state index < -0.39 is 0 Å². The van der Waals surface area contributed by atoms with Gasteiger partial charge in [0.25, 0.3) is 0 Å². The van der Waals surface area contributed by atoms with E-state index >= 15 is 0 Å². The lowest BCUT2D eigenvalue weighted by molar-refractivity contribution is 1.07. The minimum absolute atomic E-state index is 0.616. The molecule has 4 aromatic heterocycles. The van der Waals surface area contributed by atoms with Crippen molar-refractivity contribution in [2.24, 2.45) is 0 Å². The fourth-order valence-electron chi connectivity index (χ4n) is 16.3. The minimum Gasteiger partial charge on any atom is -0.228 e. The molecule has 120 heavy (non-hydrogen) atoms. The number of benzene rings is 18. The fourth-order valence-corrected chi connectivity index (χ4v) is 16.3. The van der Waals surface area contributed by atoms with E-state index in [0.717, 1.165) is 112 Å². The summed E-state index contributed by atoms with van der Waals surface area (Å²) < 4.78 is 0. The minimum atomic E-state index is 0.616. The second-order valence-corrected chi connectivity index (χ2v) is 29.8. The Morgan fingerprint density at radius 1 is 0.0917 bits per heavy atom. The van der Waals surface area contributed by atoms with E-state index in [-0.39, 0.29) is 0 Å². The lowest BCUT2D eigenvalue weighted by Crippen LogP contribution is -2.00. The van der Waals surface area contributed by atoms with Crippen molar-refractivity contribution in [2.75, 3.05) is 0 Å². The summed E-state index contributed by atoms with van der Waals surface area (Å²) in [6.07, 6.45) is 0. The van der Waals surface area contributed by atoms with Crippen LogP contribution in [-0.4, -0.2) is 49.8 Å². The molecule has 0 atom stereocenters. The molecule has 22 rings (SSSR count). The van der Waals surface area contributed by atoms with Crippen molar-refractivity contribution in [3.63, 3.8) is 0 Å². The summed E-state index contributed by atoms with van der Waals surface area (Å²) in [4.78, 5) is 50.5. The smallest absolute Gasteiger partial charge is 0.164 e.